The van der Waals surface area contributed by atoms with Crippen molar-refractivity contribution in [2.45, 2.75) is 4.90 Å². The molecule has 0 unspecified atom stereocenters. The van der Waals surface area contributed by atoms with Gasteiger partial charge in [-0.2, -0.15) is 8.42 Å². The molecule has 0 spiro atoms. The molecule has 0 radical (unpaired) electrons. The standard InChI is InChI=1S/C16H12N2O5S.Na/c19-10-5-6-14(15(20)9-10)18-17-13-7-8-16(24(21,22)23)12-4-2-1-3-11(12)13;/h1-9,19-20H,(H,21,22,23);/q;+1/p-1. The van der Waals surface area contributed by atoms with E-state index in [2.05, 4.69) is 10.2 Å². The number of hydrogen-bond donors (Lipinski definition) is 2. The first kappa shape index (κ1) is 19.4. The number of phenolic OH excluding ortho intramolecular Hbond substituents is 1. The fourth-order valence-electron chi connectivity index (χ4n) is 2.26. The van der Waals surface area contributed by atoms with E-state index in [-0.39, 0.29) is 51.6 Å². The van der Waals surface area contributed by atoms with Gasteiger partial charge in [0.25, 0.3) is 10.1 Å². The van der Waals surface area contributed by atoms with Crippen LogP contribution in [0, 0.1) is 0 Å². The third-order valence-corrected chi connectivity index (χ3v) is 4.26. The van der Waals surface area contributed by atoms with Gasteiger partial charge in [0.2, 0.25) is 0 Å². The number of phenols is 1. The minimum atomic E-state index is -4.37. The summed E-state index contributed by atoms with van der Waals surface area (Å²) in [7, 11) is -4.37. The van der Waals surface area contributed by atoms with Crippen LogP contribution in [0.5, 0.6) is 11.5 Å². The van der Waals surface area contributed by atoms with Crippen LogP contribution in [0.3, 0.4) is 0 Å². The zero-order valence-electron chi connectivity index (χ0n) is 13.1. The fraction of sp³-hybridized carbons (Fsp3) is 0. The Hall–Kier alpha value is -1.97. The number of fused-ring (bicyclic) bond motifs is 1. The summed E-state index contributed by atoms with van der Waals surface area (Å²) in [5.41, 5.74) is 0.459. The van der Waals surface area contributed by atoms with Crippen LogP contribution < -0.4 is 34.7 Å². The number of nitrogens with zero attached hydrogens (tertiary/aromatic N) is 2. The van der Waals surface area contributed by atoms with Crippen molar-refractivity contribution in [1.29, 1.82) is 0 Å². The van der Waals surface area contributed by atoms with Crippen molar-refractivity contribution < 1.29 is 52.7 Å². The van der Waals surface area contributed by atoms with Gasteiger partial charge in [-0.1, -0.05) is 30.3 Å². The minimum Gasteiger partial charge on any atom is -0.872 e. The molecule has 0 amide bonds. The van der Waals surface area contributed by atoms with Crippen molar-refractivity contribution in [1.82, 2.24) is 0 Å². The van der Waals surface area contributed by atoms with Crippen molar-refractivity contribution in [2.24, 2.45) is 10.2 Å². The molecular weight excluding hydrogens is 355 g/mol. The molecule has 122 valence electrons. The summed E-state index contributed by atoms with van der Waals surface area (Å²) in [5.74, 6) is -0.653. The van der Waals surface area contributed by atoms with Gasteiger partial charge in [-0.15, -0.1) is 16.0 Å². The van der Waals surface area contributed by atoms with Gasteiger partial charge < -0.3 is 10.2 Å². The van der Waals surface area contributed by atoms with Crippen LogP contribution in [-0.4, -0.2) is 18.1 Å². The van der Waals surface area contributed by atoms with Gasteiger partial charge in [-0.25, -0.2) is 0 Å². The van der Waals surface area contributed by atoms with E-state index in [0.29, 0.717) is 16.5 Å². The summed E-state index contributed by atoms with van der Waals surface area (Å²) in [5, 5.41) is 29.4. The fourth-order valence-corrected chi connectivity index (χ4v) is 2.96. The van der Waals surface area contributed by atoms with Crippen LogP contribution in [0.15, 0.2) is 69.7 Å². The van der Waals surface area contributed by atoms with Gasteiger partial charge in [0.05, 0.1) is 5.69 Å². The molecular formula is C16H11N2NaO5S. The minimum absolute atomic E-state index is 0. The maximum atomic E-state index is 11.5. The van der Waals surface area contributed by atoms with Crippen molar-refractivity contribution >= 4 is 32.3 Å². The van der Waals surface area contributed by atoms with E-state index < -0.39 is 10.1 Å². The topological polar surface area (TPSA) is 122 Å². The molecule has 3 rings (SSSR count). The van der Waals surface area contributed by atoms with Gasteiger partial charge in [-0.05, 0) is 24.3 Å². The molecule has 0 aromatic heterocycles. The van der Waals surface area contributed by atoms with Crippen molar-refractivity contribution in [3.8, 4) is 11.5 Å². The van der Waals surface area contributed by atoms with Gasteiger partial charge >= 0.3 is 29.6 Å². The quantitative estimate of drug-likeness (QED) is 0.392. The molecule has 0 saturated heterocycles. The normalized spacial score (nSPS) is 11.6. The second kappa shape index (κ2) is 7.51. The van der Waals surface area contributed by atoms with E-state index in [1.165, 1.54) is 24.3 Å². The average molecular weight is 366 g/mol. The summed E-state index contributed by atoms with van der Waals surface area (Å²) in [4.78, 5) is -0.226. The van der Waals surface area contributed by atoms with E-state index in [1.807, 2.05) is 0 Å². The maximum absolute atomic E-state index is 11.5. The molecule has 25 heavy (non-hydrogen) atoms. The largest absolute Gasteiger partial charge is 1.00 e. The molecule has 0 bridgehead atoms. The first-order valence-corrected chi connectivity index (χ1v) is 8.21. The number of hydrogen-bond acceptors (Lipinski definition) is 6. The maximum Gasteiger partial charge on any atom is 1.00 e. The molecule has 3 aromatic rings. The van der Waals surface area contributed by atoms with E-state index in [9.17, 15) is 23.2 Å². The molecule has 0 fully saturated rings. The second-order valence-corrected chi connectivity index (χ2v) is 6.34. The van der Waals surface area contributed by atoms with Gasteiger partial charge in [0.15, 0.2) is 0 Å². The van der Waals surface area contributed by atoms with E-state index in [0.717, 1.165) is 6.07 Å². The third kappa shape index (κ3) is 4.17. The Labute approximate surface area is 165 Å². The number of azo groups is 1. The van der Waals surface area contributed by atoms with Gasteiger partial charge in [-0.3, -0.25) is 4.55 Å². The number of benzene rings is 3. The molecule has 0 aliphatic heterocycles. The Bertz CT molecular complexity index is 1070. The van der Waals surface area contributed by atoms with Crippen LogP contribution in [0.2, 0.25) is 0 Å². The summed E-state index contributed by atoms with van der Waals surface area (Å²) in [6, 6.07) is 12.7. The van der Waals surface area contributed by atoms with Gasteiger partial charge in [0.1, 0.15) is 16.3 Å². The molecule has 0 heterocycles. The molecule has 0 saturated carbocycles. The van der Waals surface area contributed by atoms with Crippen LogP contribution in [0.25, 0.3) is 10.8 Å². The number of rotatable bonds is 3. The summed E-state index contributed by atoms with van der Waals surface area (Å²) in [6.45, 7) is 0. The monoisotopic (exact) mass is 366 g/mol. The summed E-state index contributed by atoms with van der Waals surface area (Å²) >= 11 is 0. The summed E-state index contributed by atoms with van der Waals surface area (Å²) in [6.07, 6.45) is 0. The van der Waals surface area contributed by atoms with Gasteiger partial charge in [0, 0.05) is 10.8 Å². The predicted molar refractivity (Wildman–Crippen MR) is 85.5 cm³/mol. The Morgan fingerprint density at radius 3 is 2.12 bits per heavy atom. The van der Waals surface area contributed by atoms with E-state index in [4.69, 9.17) is 0 Å². The zero-order chi connectivity index (χ0) is 17.3. The van der Waals surface area contributed by atoms with E-state index >= 15 is 0 Å². The molecule has 0 aliphatic carbocycles. The van der Waals surface area contributed by atoms with Crippen LogP contribution in [0.4, 0.5) is 11.4 Å². The van der Waals surface area contributed by atoms with Crippen LogP contribution in [0.1, 0.15) is 0 Å². The Morgan fingerprint density at radius 2 is 1.48 bits per heavy atom. The molecule has 2 N–H and O–H groups in total. The van der Waals surface area contributed by atoms with E-state index in [1.54, 1.807) is 24.3 Å². The molecule has 3 aromatic carbocycles. The van der Waals surface area contributed by atoms with Crippen molar-refractivity contribution in [3.63, 3.8) is 0 Å². The molecule has 0 atom stereocenters. The third-order valence-electron chi connectivity index (χ3n) is 3.35. The predicted octanol–water partition coefficient (Wildman–Crippen LogP) is 0.285. The smallest absolute Gasteiger partial charge is 0.872 e. The number of aromatic hydroxyl groups is 1. The summed E-state index contributed by atoms with van der Waals surface area (Å²) < 4.78 is 32.2. The zero-order valence-corrected chi connectivity index (χ0v) is 15.9. The second-order valence-electron chi connectivity index (χ2n) is 4.95. The SMILES string of the molecule is O=S(=O)(O)c1ccc(N=Nc2ccc([O-])cc2O)c2ccccc12.[Na+]. The first-order valence-electron chi connectivity index (χ1n) is 6.77. The van der Waals surface area contributed by atoms with Crippen LogP contribution in [-0.2, 0) is 10.1 Å². The average Bonchev–Trinajstić information content (AvgIpc) is 2.52. The molecule has 7 nitrogen and oxygen atoms in total. The molecule has 0 aliphatic rings. The van der Waals surface area contributed by atoms with Crippen molar-refractivity contribution in [3.05, 3.63) is 54.6 Å². The Morgan fingerprint density at radius 1 is 0.880 bits per heavy atom. The Kier molecular flexibility index (Phi) is 5.81. The molecule has 9 heteroatoms. The Balaban J connectivity index is 0.00000225. The van der Waals surface area contributed by atoms with Crippen LogP contribution >= 0.6 is 0 Å². The van der Waals surface area contributed by atoms with Crippen molar-refractivity contribution in [2.75, 3.05) is 0 Å². The first-order chi connectivity index (χ1) is 11.4.